The SMILES string of the molecule is O=C(Nc1ccc(F)cc1)c1ccc(N2CCN(c3ccccc3)CC2)cn1. The van der Waals surface area contributed by atoms with Crippen LogP contribution in [0.4, 0.5) is 21.5 Å². The van der Waals surface area contributed by atoms with Crippen LogP contribution in [0.1, 0.15) is 10.5 Å². The summed E-state index contributed by atoms with van der Waals surface area (Å²) < 4.78 is 13.0. The number of nitrogens with zero attached hydrogens (tertiary/aromatic N) is 3. The number of carbonyl (C=O) groups is 1. The van der Waals surface area contributed by atoms with Gasteiger partial charge in [-0.15, -0.1) is 0 Å². The molecule has 5 nitrogen and oxygen atoms in total. The molecule has 1 aliphatic heterocycles. The Bertz CT molecular complexity index is 921. The lowest BCUT2D eigenvalue weighted by atomic mass is 10.2. The Morgan fingerprint density at radius 1 is 0.821 bits per heavy atom. The van der Waals surface area contributed by atoms with Gasteiger partial charge in [0.05, 0.1) is 11.9 Å². The molecule has 1 amide bonds. The third kappa shape index (κ3) is 4.11. The number of rotatable bonds is 4. The second-order valence-corrected chi connectivity index (χ2v) is 6.67. The van der Waals surface area contributed by atoms with Gasteiger partial charge in [0.25, 0.3) is 5.91 Å². The lowest BCUT2D eigenvalue weighted by Crippen LogP contribution is -2.46. The Labute approximate surface area is 163 Å². The zero-order valence-electron chi connectivity index (χ0n) is 15.4. The van der Waals surface area contributed by atoms with Gasteiger partial charge in [0.2, 0.25) is 0 Å². The van der Waals surface area contributed by atoms with E-state index < -0.39 is 0 Å². The van der Waals surface area contributed by atoms with E-state index in [9.17, 15) is 9.18 Å². The largest absolute Gasteiger partial charge is 0.368 e. The minimum absolute atomic E-state index is 0.313. The molecule has 1 N–H and O–H groups in total. The minimum atomic E-state index is -0.340. The summed E-state index contributed by atoms with van der Waals surface area (Å²) in [4.78, 5) is 21.2. The molecule has 0 bridgehead atoms. The first kappa shape index (κ1) is 18.0. The molecule has 1 saturated heterocycles. The third-order valence-corrected chi connectivity index (χ3v) is 4.85. The topological polar surface area (TPSA) is 48.5 Å². The molecule has 0 aliphatic carbocycles. The normalized spacial score (nSPS) is 14.0. The molecule has 0 atom stereocenters. The molecule has 0 spiro atoms. The Hall–Kier alpha value is -3.41. The van der Waals surface area contributed by atoms with Crippen LogP contribution >= 0.6 is 0 Å². The van der Waals surface area contributed by atoms with Crippen molar-refractivity contribution in [3.05, 3.63) is 84.4 Å². The highest BCUT2D eigenvalue weighted by atomic mass is 19.1. The number of hydrogen-bond donors (Lipinski definition) is 1. The first-order valence-electron chi connectivity index (χ1n) is 9.27. The van der Waals surface area contributed by atoms with E-state index in [1.807, 2.05) is 12.1 Å². The molecule has 2 aromatic carbocycles. The molecule has 0 saturated carbocycles. The van der Waals surface area contributed by atoms with Crippen molar-refractivity contribution in [2.24, 2.45) is 0 Å². The van der Waals surface area contributed by atoms with Crippen LogP contribution in [0.15, 0.2) is 72.9 Å². The van der Waals surface area contributed by atoms with Crippen LogP contribution in [0.5, 0.6) is 0 Å². The van der Waals surface area contributed by atoms with E-state index in [0.717, 1.165) is 31.9 Å². The highest BCUT2D eigenvalue weighted by Gasteiger charge is 2.18. The zero-order chi connectivity index (χ0) is 19.3. The average Bonchev–Trinajstić information content (AvgIpc) is 2.76. The predicted molar refractivity (Wildman–Crippen MR) is 109 cm³/mol. The number of pyridine rings is 1. The summed E-state index contributed by atoms with van der Waals surface area (Å²) in [5.41, 5.74) is 3.12. The molecule has 3 aromatic rings. The van der Waals surface area contributed by atoms with Crippen LogP contribution in [-0.2, 0) is 0 Å². The van der Waals surface area contributed by atoms with E-state index in [4.69, 9.17) is 0 Å². The summed E-state index contributed by atoms with van der Waals surface area (Å²) in [6.45, 7) is 3.68. The van der Waals surface area contributed by atoms with Gasteiger partial charge in [0, 0.05) is 37.6 Å². The van der Waals surface area contributed by atoms with Crippen molar-refractivity contribution in [3.63, 3.8) is 0 Å². The fourth-order valence-corrected chi connectivity index (χ4v) is 3.30. The fraction of sp³-hybridized carbons (Fsp3) is 0.182. The number of hydrogen-bond acceptors (Lipinski definition) is 4. The summed E-state index contributed by atoms with van der Waals surface area (Å²) in [7, 11) is 0. The van der Waals surface area contributed by atoms with Gasteiger partial charge in [-0.05, 0) is 48.5 Å². The molecule has 4 rings (SSSR count). The second-order valence-electron chi connectivity index (χ2n) is 6.67. The van der Waals surface area contributed by atoms with Crippen LogP contribution < -0.4 is 15.1 Å². The summed E-state index contributed by atoms with van der Waals surface area (Å²) in [5, 5.41) is 2.72. The zero-order valence-corrected chi connectivity index (χ0v) is 15.4. The third-order valence-electron chi connectivity index (χ3n) is 4.85. The smallest absolute Gasteiger partial charge is 0.274 e. The van der Waals surface area contributed by atoms with Crippen molar-refractivity contribution < 1.29 is 9.18 Å². The predicted octanol–water partition coefficient (Wildman–Crippen LogP) is 3.80. The number of nitrogens with one attached hydrogen (secondary N) is 1. The second kappa shape index (κ2) is 8.08. The van der Waals surface area contributed by atoms with E-state index in [0.29, 0.717) is 11.4 Å². The van der Waals surface area contributed by atoms with Crippen molar-refractivity contribution in [1.29, 1.82) is 0 Å². The Morgan fingerprint density at radius 3 is 2.07 bits per heavy atom. The number of piperazine rings is 1. The maximum Gasteiger partial charge on any atom is 0.274 e. The van der Waals surface area contributed by atoms with E-state index in [2.05, 4.69) is 44.4 Å². The Morgan fingerprint density at radius 2 is 1.46 bits per heavy atom. The van der Waals surface area contributed by atoms with E-state index >= 15 is 0 Å². The number of anilines is 3. The molecule has 1 aromatic heterocycles. The van der Waals surface area contributed by atoms with Gasteiger partial charge in [-0.25, -0.2) is 9.37 Å². The average molecular weight is 376 g/mol. The van der Waals surface area contributed by atoms with Gasteiger partial charge < -0.3 is 15.1 Å². The molecule has 1 fully saturated rings. The molecule has 28 heavy (non-hydrogen) atoms. The lowest BCUT2D eigenvalue weighted by Gasteiger charge is -2.37. The number of benzene rings is 2. The van der Waals surface area contributed by atoms with Gasteiger partial charge >= 0.3 is 0 Å². The van der Waals surface area contributed by atoms with Gasteiger partial charge in [-0.3, -0.25) is 4.79 Å². The van der Waals surface area contributed by atoms with Crippen molar-refractivity contribution in [1.82, 2.24) is 4.98 Å². The number of carbonyl (C=O) groups excluding carboxylic acids is 1. The Kier molecular flexibility index (Phi) is 5.19. The van der Waals surface area contributed by atoms with Gasteiger partial charge in [0.1, 0.15) is 11.5 Å². The molecule has 142 valence electrons. The summed E-state index contributed by atoms with van der Waals surface area (Å²) in [5.74, 6) is -0.653. The molecule has 2 heterocycles. The van der Waals surface area contributed by atoms with Crippen molar-refractivity contribution >= 4 is 23.0 Å². The van der Waals surface area contributed by atoms with E-state index in [1.165, 1.54) is 30.0 Å². The van der Waals surface area contributed by atoms with Gasteiger partial charge in [0.15, 0.2) is 0 Å². The molecule has 0 radical (unpaired) electrons. The fourth-order valence-electron chi connectivity index (χ4n) is 3.30. The van der Waals surface area contributed by atoms with Crippen molar-refractivity contribution in [3.8, 4) is 0 Å². The van der Waals surface area contributed by atoms with Gasteiger partial charge in [-0.2, -0.15) is 0 Å². The van der Waals surface area contributed by atoms with Crippen molar-refractivity contribution in [2.75, 3.05) is 41.3 Å². The van der Waals surface area contributed by atoms with Crippen molar-refractivity contribution in [2.45, 2.75) is 0 Å². The quantitative estimate of drug-likeness (QED) is 0.753. The summed E-state index contributed by atoms with van der Waals surface area (Å²) in [6, 6.07) is 19.7. The number of halogens is 1. The number of amides is 1. The first-order chi connectivity index (χ1) is 13.7. The number of para-hydroxylation sites is 1. The molecular weight excluding hydrogens is 355 g/mol. The lowest BCUT2D eigenvalue weighted by molar-refractivity contribution is 0.102. The Balaban J connectivity index is 1.36. The van der Waals surface area contributed by atoms with Crippen LogP contribution in [-0.4, -0.2) is 37.1 Å². The van der Waals surface area contributed by atoms with E-state index in [1.54, 1.807) is 12.3 Å². The van der Waals surface area contributed by atoms with Crippen LogP contribution in [0.3, 0.4) is 0 Å². The maximum absolute atomic E-state index is 13.0. The summed E-state index contributed by atoms with van der Waals surface area (Å²) in [6.07, 6.45) is 1.73. The van der Waals surface area contributed by atoms with Crippen LogP contribution in [0, 0.1) is 5.82 Å². The molecule has 0 unspecified atom stereocenters. The van der Waals surface area contributed by atoms with E-state index in [-0.39, 0.29) is 11.7 Å². The van der Waals surface area contributed by atoms with Crippen LogP contribution in [0.25, 0.3) is 0 Å². The molecule has 1 aliphatic rings. The summed E-state index contributed by atoms with van der Waals surface area (Å²) >= 11 is 0. The standard InChI is InChI=1S/C22H21FN4O/c23-17-6-8-18(9-7-17)25-22(28)21-11-10-20(16-24-21)27-14-12-26(13-15-27)19-4-2-1-3-5-19/h1-11,16H,12-15H2,(H,25,28). The van der Waals surface area contributed by atoms with Crippen LogP contribution in [0.2, 0.25) is 0 Å². The van der Waals surface area contributed by atoms with Gasteiger partial charge in [-0.1, -0.05) is 18.2 Å². The highest BCUT2D eigenvalue weighted by molar-refractivity contribution is 6.02. The highest BCUT2D eigenvalue weighted by Crippen LogP contribution is 2.20. The first-order valence-corrected chi connectivity index (χ1v) is 9.27. The molecular formula is C22H21FN4O. The number of aromatic nitrogens is 1. The maximum atomic E-state index is 13.0. The minimum Gasteiger partial charge on any atom is -0.368 e. The monoisotopic (exact) mass is 376 g/mol. The molecule has 6 heteroatoms.